The predicted molar refractivity (Wildman–Crippen MR) is 63.3 cm³/mol. The second-order valence-corrected chi connectivity index (χ2v) is 4.99. The molecule has 15 heavy (non-hydrogen) atoms. The number of anilines is 1. The monoisotopic (exact) mass is 202 g/mol. The van der Waals surface area contributed by atoms with Crippen LogP contribution >= 0.6 is 0 Å². The van der Waals surface area contributed by atoms with Crippen LogP contribution in [-0.2, 0) is 6.42 Å². The van der Waals surface area contributed by atoms with Gasteiger partial charge < -0.3 is 10.6 Å². The standard InChI is InChI=1S/C13H18N2/c1-10-2-3-12-11(8-10)9-13(15-12)4-6-14-7-5-13/h2-3,8,14-15H,4-7,9H2,1H3. The van der Waals surface area contributed by atoms with Gasteiger partial charge in [0.15, 0.2) is 0 Å². The van der Waals surface area contributed by atoms with E-state index in [9.17, 15) is 0 Å². The van der Waals surface area contributed by atoms with Crippen LogP contribution in [0.5, 0.6) is 0 Å². The summed E-state index contributed by atoms with van der Waals surface area (Å²) < 4.78 is 0. The topological polar surface area (TPSA) is 24.1 Å². The van der Waals surface area contributed by atoms with Crippen LogP contribution in [-0.4, -0.2) is 18.6 Å². The Hall–Kier alpha value is -1.02. The van der Waals surface area contributed by atoms with Crippen LogP contribution in [0.4, 0.5) is 5.69 Å². The maximum Gasteiger partial charge on any atom is 0.0439 e. The van der Waals surface area contributed by atoms with Crippen molar-refractivity contribution in [1.82, 2.24) is 5.32 Å². The van der Waals surface area contributed by atoms with E-state index in [0.717, 1.165) is 13.1 Å². The molecule has 2 nitrogen and oxygen atoms in total. The molecule has 2 aliphatic rings. The predicted octanol–water partition coefficient (Wildman–Crippen LogP) is 2.09. The highest BCUT2D eigenvalue weighted by Gasteiger charge is 2.37. The Morgan fingerprint density at radius 1 is 1.20 bits per heavy atom. The molecule has 0 amide bonds. The van der Waals surface area contributed by atoms with Gasteiger partial charge in [-0.2, -0.15) is 0 Å². The van der Waals surface area contributed by atoms with Gasteiger partial charge >= 0.3 is 0 Å². The zero-order chi connectivity index (χ0) is 10.3. The molecular formula is C13H18N2. The Labute approximate surface area is 91.1 Å². The van der Waals surface area contributed by atoms with Crippen molar-refractivity contribution in [3.8, 4) is 0 Å². The van der Waals surface area contributed by atoms with Gasteiger partial charge in [-0.1, -0.05) is 17.7 Å². The molecule has 1 aromatic carbocycles. The second-order valence-electron chi connectivity index (χ2n) is 4.99. The highest BCUT2D eigenvalue weighted by molar-refractivity contribution is 5.60. The van der Waals surface area contributed by atoms with E-state index in [-0.39, 0.29) is 0 Å². The van der Waals surface area contributed by atoms with E-state index >= 15 is 0 Å². The minimum atomic E-state index is 0.362. The molecule has 2 N–H and O–H groups in total. The number of aryl methyl sites for hydroxylation is 1. The van der Waals surface area contributed by atoms with Gasteiger partial charge in [-0.3, -0.25) is 0 Å². The molecular weight excluding hydrogens is 184 g/mol. The average Bonchev–Trinajstić information content (AvgIpc) is 2.56. The van der Waals surface area contributed by atoms with Crippen LogP contribution in [0.25, 0.3) is 0 Å². The fourth-order valence-electron chi connectivity index (χ4n) is 2.89. The molecule has 1 aromatic rings. The summed E-state index contributed by atoms with van der Waals surface area (Å²) in [6.45, 7) is 4.48. The lowest BCUT2D eigenvalue weighted by Gasteiger charge is -2.34. The fourth-order valence-corrected chi connectivity index (χ4v) is 2.89. The molecule has 0 radical (unpaired) electrons. The maximum atomic E-state index is 3.74. The average molecular weight is 202 g/mol. The van der Waals surface area contributed by atoms with Crippen LogP contribution in [0.15, 0.2) is 18.2 Å². The molecule has 2 heterocycles. The van der Waals surface area contributed by atoms with Crippen LogP contribution in [0.2, 0.25) is 0 Å². The zero-order valence-electron chi connectivity index (χ0n) is 9.27. The third-order valence-corrected chi connectivity index (χ3v) is 3.75. The normalized spacial score (nSPS) is 22.5. The Kier molecular flexibility index (Phi) is 1.99. The minimum absolute atomic E-state index is 0.362. The first-order valence-electron chi connectivity index (χ1n) is 5.86. The van der Waals surface area contributed by atoms with Gasteiger partial charge in [0.2, 0.25) is 0 Å². The van der Waals surface area contributed by atoms with Gasteiger partial charge in [0.25, 0.3) is 0 Å². The van der Waals surface area contributed by atoms with Crippen molar-refractivity contribution in [2.24, 2.45) is 0 Å². The molecule has 2 aliphatic heterocycles. The molecule has 80 valence electrons. The van der Waals surface area contributed by atoms with Crippen LogP contribution in [0.1, 0.15) is 24.0 Å². The van der Waals surface area contributed by atoms with Crippen molar-refractivity contribution in [1.29, 1.82) is 0 Å². The molecule has 0 aliphatic carbocycles. The van der Waals surface area contributed by atoms with E-state index in [2.05, 4.69) is 35.8 Å². The zero-order valence-corrected chi connectivity index (χ0v) is 9.27. The summed E-state index contributed by atoms with van der Waals surface area (Å²) in [5.74, 6) is 0. The van der Waals surface area contributed by atoms with E-state index in [1.165, 1.54) is 36.1 Å². The molecule has 0 unspecified atom stereocenters. The third kappa shape index (κ3) is 1.53. The van der Waals surface area contributed by atoms with Gasteiger partial charge in [0.1, 0.15) is 0 Å². The summed E-state index contributed by atoms with van der Waals surface area (Å²) in [5.41, 5.74) is 4.61. The molecule has 2 heteroatoms. The van der Waals surface area contributed by atoms with Crippen LogP contribution in [0, 0.1) is 6.92 Å². The Morgan fingerprint density at radius 3 is 2.80 bits per heavy atom. The van der Waals surface area contributed by atoms with E-state index in [1.54, 1.807) is 0 Å². The Bertz CT molecular complexity index is 378. The first-order chi connectivity index (χ1) is 7.27. The summed E-state index contributed by atoms with van der Waals surface area (Å²) >= 11 is 0. The summed E-state index contributed by atoms with van der Waals surface area (Å²) in [6, 6.07) is 6.77. The van der Waals surface area contributed by atoms with Crippen molar-refractivity contribution >= 4 is 5.69 Å². The highest BCUT2D eigenvalue weighted by Crippen LogP contribution is 2.37. The lowest BCUT2D eigenvalue weighted by atomic mass is 9.86. The molecule has 0 aromatic heterocycles. The minimum Gasteiger partial charge on any atom is -0.379 e. The number of hydrogen-bond donors (Lipinski definition) is 2. The van der Waals surface area contributed by atoms with E-state index < -0.39 is 0 Å². The highest BCUT2D eigenvalue weighted by atomic mass is 15.0. The van der Waals surface area contributed by atoms with Crippen molar-refractivity contribution in [2.45, 2.75) is 31.7 Å². The van der Waals surface area contributed by atoms with Crippen molar-refractivity contribution < 1.29 is 0 Å². The fraction of sp³-hybridized carbons (Fsp3) is 0.538. The quantitative estimate of drug-likeness (QED) is 0.673. The van der Waals surface area contributed by atoms with E-state index in [4.69, 9.17) is 0 Å². The molecule has 1 spiro atoms. The van der Waals surface area contributed by atoms with Gasteiger partial charge in [-0.15, -0.1) is 0 Å². The number of rotatable bonds is 0. The van der Waals surface area contributed by atoms with Gasteiger partial charge in [-0.25, -0.2) is 0 Å². The smallest absolute Gasteiger partial charge is 0.0439 e. The summed E-state index contributed by atoms with van der Waals surface area (Å²) in [5, 5.41) is 7.17. The van der Waals surface area contributed by atoms with Crippen molar-refractivity contribution in [2.75, 3.05) is 18.4 Å². The Morgan fingerprint density at radius 2 is 2.00 bits per heavy atom. The number of benzene rings is 1. The Balaban J connectivity index is 1.90. The number of hydrogen-bond acceptors (Lipinski definition) is 2. The maximum absolute atomic E-state index is 3.74. The van der Waals surface area contributed by atoms with Crippen molar-refractivity contribution in [3.63, 3.8) is 0 Å². The first-order valence-corrected chi connectivity index (χ1v) is 5.86. The first kappa shape index (κ1) is 9.22. The second kappa shape index (κ2) is 3.24. The largest absolute Gasteiger partial charge is 0.379 e. The molecule has 1 fully saturated rings. The van der Waals surface area contributed by atoms with Gasteiger partial charge in [-0.05, 0) is 50.9 Å². The third-order valence-electron chi connectivity index (χ3n) is 3.75. The summed E-state index contributed by atoms with van der Waals surface area (Å²) in [4.78, 5) is 0. The molecule has 3 rings (SSSR count). The summed E-state index contributed by atoms with van der Waals surface area (Å²) in [7, 11) is 0. The lowest BCUT2D eigenvalue weighted by molar-refractivity contribution is 0.348. The molecule has 0 bridgehead atoms. The number of nitrogens with one attached hydrogen (secondary N) is 2. The van der Waals surface area contributed by atoms with Crippen molar-refractivity contribution in [3.05, 3.63) is 29.3 Å². The lowest BCUT2D eigenvalue weighted by Crippen LogP contribution is -2.46. The van der Waals surface area contributed by atoms with Gasteiger partial charge in [0, 0.05) is 11.2 Å². The number of piperidine rings is 1. The van der Waals surface area contributed by atoms with Gasteiger partial charge in [0.05, 0.1) is 0 Å². The number of fused-ring (bicyclic) bond motifs is 1. The molecule has 1 saturated heterocycles. The SMILES string of the molecule is Cc1ccc2c(c1)CC1(CCNCC1)N2. The van der Waals surface area contributed by atoms with Crippen LogP contribution in [0.3, 0.4) is 0 Å². The van der Waals surface area contributed by atoms with E-state index in [1.807, 2.05) is 0 Å². The summed E-state index contributed by atoms with van der Waals surface area (Å²) in [6.07, 6.45) is 3.72. The van der Waals surface area contributed by atoms with Crippen LogP contribution < -0.4 is 10.6 Å². The molecule has 0 atom stereocenters. The molecule has 0 saturated carbocycles. The van der Waals surface area contributed by atoms with E-state index in [0.29, 0.717) is 5.54 Å².